The summed E-state index contributed by atoms with van der Waals surface area (Å²) in [4.78, 5) is 28.1. The standard InChI is InChI=1S/C20H38N4O2/c1-17-9-7-13-23(15-17)19(25)21-11-5-3-4-6-12-22-20(26)24-14-8-10-18(2)16-24/h17-18H,3-16H2,1-2H3,(H,21,25)(H,22,26)/t17-,18-/m1/s1. The molecule has 6 heteroatoms. The maximum absolute atomic E-state index is 12.1. The largest absolute Gasteiger partial charge is 0.338 e. The van der Waals surface area contributed by atoms with E-state index in [-0.39, 0.29) is 12.1 Å². The fourth-order valence-electron chi connectivity index (χ4n) is 3.97. The van der Waals surface area contributed by atoms with Crippen molar-refractivity contribution in [3.8, 4) is 0 Å². The molecule has 0 unspecified atom stereocenters. The van der Waals surface area contributed by atoms with E-state index in [1.54, 1.807) is 0 Å². The quantitative estimate of drug-likeness (QED) is 0.678. The van der Waals surface area contributed by atoms with Gasteiger partial charge in [0.1, 0.15) is 0 Å². The molecule has 2 atom stereocenters. The number of likely N-dealkylation sites (tertiary alicyclic amines) is 2. The average molecular weight is 367 g/mol. The third-order valence-corrected chi connectivity index (χ3v) is 5.54. The lowest BCUT2D eigenvalue weighted by atomic mass is 10.0. The molecule has 4 amide bonds. The molecule has 0 aliphatic carbocycles. The second-order valence-electron chi connectivity index (χ2n) is 8.26. The van der Waals surface area contributed by atoms with Gasteiger partial charge in [-0.3, -0.25) is 0 Å². The summed E-state index contributed by atoms with van der Waals surface area (Å²) in [5.41, 5.74) is 0. The minimum atomic E-state index is 0.0968. The number of carbonyl (C=O) groups excluding carboxylic acids is 2. The molecule has 2 fully saturated rings. The molecule has 0 aromatic heterocycles. The molecule has 0 aromatic carbocycles. The summed E-state index contributed by atoms with van der Waals surface area (Å²) >= 11 is 0. The topological polar surface area (TPSA) is 64.7 Å². The van der Waals surface area contributed by atoms with Crippen LogP contribution in [0.4, 0.5) is 9.59 Å². The van der Waals surface area contributed by atoms with Crippen LogP contribution in [0.2, 0.25) is 0 Å². The third-order valence-electron chi connectivity index (χ3n) is 5.54. The summed E-state index contributed by atoms with van der Waals surface area (Å²) in [7, 11) is 0. The predicted octanol–water partition coefficient (Wildman–Crippen LogP) is 3.43. The highest BCUT2D eigenvalue weighted by atomic mass is 16.2. The molecule has 2 aliphatic rings. The summed E-state index contributed by atoms with van der Waals surface area (Å²) in [6.45, 7) is 9.50. The minimum absolute atomic E-state index is 0.0968. The lowest BCUT2D eigenvalue weighted by Crippen LogP contribution is -2.45. The first-order valence-electron chi connectivity index (χ1n) is 10.6. The van der Waals surface area contributed by atoms with Gasteiger partial charge in [-0.2, -0.15) is 0 Å². The number of carbonyl (C=O) groups is 2. The Morgan fingerprint density at radius 2 is 1.19 bits per heavy atom. The van der Waals surface area contributed by atoms with Crippen LogP contribution in [0.1, 0.15) is 65.2 Å². The Balaban J connectivity index is 1.43. The zero-order valence-electron chi connectivity index (χ0n) is 16.8. The number of hydrogen-bond donors (Lipinski definition) is 2. The highest BCUT2D eigenvalue weighted by Crippen LogP contribution is 2.16. The molecule has 0 radical (unpaired) electrons. The van der Waals surface area contributed by atoms with Crippen molar-refractivity contribution in [3.63, 3.8) is 0 Å². The Labute approximate surface area is 159 Å². The van der Waals surface area contributed by atoms with Crippen LogP contribution in [0.5, 0.6) is 0 Å². The number of nitrogens with zero attached hydrogens (tertiary/aromatic N) is 2. The van der Waals surface area contributed by atoms with E-state index in [0.29, 0.717) is 11.8 Å². The molecule has 2 aliphatic heterocycles. The molecule has 2 heterocycles. The van der Waals surface area contributed by atoms with Gasteiger partial charge in [-0.05, 0) is 50.4 Å². The number of piperidine rings is 2. The molecular formula is C20H38N4O2. The van der Waals surface area contributed by atoms with Gasteiger partial charge in [0.2, 0.25) is 0 Å². The molecule has 150 valence electrons. The van der Waals surface area contributed by atoms with Gasteiger partial charge in [-0.1, -0.05) is 26.7 Å². The van der Waals surface area contributed by atoms with E-state index in [1.165, 1.54) is 12.8 Å². The van der Waals surface area contributed by atoms with Crippen molar-refractivity contribution in [3.05, 3.63) is 0 Å². The van der Waals surface area contributed by atoms with Gasteiger partial charge in [0.15, 0.2) is 0 Å². The van der Waals surface area contributed by atoms with Crippen LogP contribution >= 0.6 is 0 Å². The number of urea groups is 2. The highest BCUT2D eigenvalue weighted by Gasteiger charge is 2.21. The first kappa shape index (κ1) is 20.8. The van der Waals surface area contributed by atoms with Gasteiger partial charge in [0.25, 0.3) is 0 Å². The van der Waals surface area contributed by atoms with Crippen LogP contribution in [-0.4, -0.2) is 61.1 Å². The number of rotatable bonds is 7. The summed E-state index contributed by atoms with van der Waals surface area (Å²) in [6, 6.07) is 0.194. The normalized spacial score (nSPS) is 23.6. The van der Waals surface area contributed by atoms with Crippen LogP contribution in [0, 0.1) is 11.8 Å². The average Bonchev–Trinajstić information content (AvgIpc) is 2.63. The van der Waals surface area contributed by atoms with Gasteiger partial charge in [0, 0.05) is 39.3 Å². The Bertz CT molecular complexity index is 404. The lowest BCUT2D eigenvalue weighted by molar-refractivity contribution is 0.169. The molecule has 0 bridgehead atoms. The Hall–Kier alpha value is -1.46. The summed E-state index contributed by atoms with van der Waals surface area (Å²) in [5, 5.41) is 6.08. The van der Waals surface area contributed by atoms with E-state index in [4.69, 9.17) is 0 Å². The monoisotopic (exact) mass is 366 g/mol. The molecular weight excluding hydrogens is 328 g/mol. The van der Waals surface area contributed by atoms with Crippen LogP contribution in [0.25, 0.3) is 0 Å². The van der Waals surface area contributed by atoms with E-state index >= 15 is 0 Å². The van der Waals surface area contributed by atoms with Crippen molar-refractivity contribution in [2.45, 2.75) is 65.2 Å². The van der Waals surface area contributed by atoms with Crippen LogP contribution in [-0.2, 0) is 0 Å². The second kappa shape index (κ2) is 11.3. The summed E-state index contributed by atoms with van der Waals surface area (Å²) in [5.74, 6) is 1.25. The third kappa shape index (κ3) is 7.42. The fraction of sp³-hybridized carbons (Fsp3) is 0.900. The molecule has 2 saturated heterocycles. The zero-order chi connectivity index (χ0) is 18.8. The van der Waals surface area contributed by atoms with Crippen LogP contribution < -0.4 is 10.6 Å². The SMILES string of the molecule is C[C@@H]1CCCN(C(=O)NCCCCCCNC(=O)N2CCC[C@@H](C)C2)C1. The van der Waals surface area contributed by atoms with Gasteiger partial charge in [-0.25, -0.2) is 9.59 Å². The number of amides is 4. The van der Waals surface area contributed by atoms with Crippen molar-refractivity contribution in [2.75, 3.05) is 39.3 Å². The van der Waals surface area contributed by atoms with E-state index < -0.39 is 0 Å². The van der Waals surface area contributed by atoms with Crippen molar-refractivity contribution in [1.29, 1.82) is 0 Å². The van der Waals surface area contributed by atoms with E-state index in [1.807, 2.05) is 9.80 Å². The minimum Gasteiger partial charge on any atom is -0.338 e. The number of nitrogens with one attached hydrogen (secondary N) is 2. The predicted molar refractivity (Wildman–Crippen MR) is 105 cm³/mol. The van der Waals surface area contributed by atoms with Gasteiger partial charge < -0.3 is 20.4 Å². The Morgan fingerprint density at radius 1 is 0.769 bits per heavy atom. The van der Waals surface area contributed by atoms with Crippen LogP contribution in [0.3, 0.4) is 0 Å². The van der Waals surface area contributed by atoms with Crippen molar-refractivity contribution in [1.82, 2.24) is 20.4 Å². The van der Waals surface area contributed by atoms with Gasteiger partial charge in [0.05, 0.1) is 0 Å². The highest BCUT2D eigenvalue weighted by molar-refractivity contribution is 5.74. The van der Waals surface area contributed by atoms with E-state index in [0.717, 1.165) is 77.8 Å². The molecule has 2 rings (SSSR count). The van der Waals surface area contributed by atoms with Crippen molar-refractivity contribution < 1.29 is 9.59 Å². The van der Waals surface area contributed by atoms with Crippen LogP contribution in [0.15, 0.2) is 0 Å². The number of unbranched alkanes of at least 4 members (excludes halogenated alkanes) is 3. The van der Waals surface area contributed by atoms with E-state index in [9.17, 15) is 9.59 Å². The summed E-state index contributed by atoms with van der Waals surface area (Å²) in [6.07, 6.45) is 8.90. The molecule has 0 saturated carbocycles. The molecule has 6 nitrogen and oxygen atoms in total. The zero-order valence-corrected chi connectivity index (χ0v) is 16.8. The maximum atomic E-state index is 12.1. The summed E-state index contributed by atoms with van der Waals surface area (Å²) < 4.78 is 0. The smallest absolute Gasteiger partial charge is 0.317 e. The Kier molecular flexibility index (Phi) is 9.06. The number of hydrogen-bond acceptors (Lipinski definition) is 2. The maximum Gasteiger partial charge on any atom is 0.317 e. The Morgan fingerprint density at radius 3 is 1.58 bits per heavy atom. The lowest BCUT2D eigenvalue weighted by Gasteiger charge is -2.31. The van der Waals surface area contributed by atoms with E-state index in [2.05, 4.69) is 24.5 Å². The molecule has 0 spiro atoms. The fourth-order valence-corrected chi connectivity index (χ4v) is 3.97. The second-order valence-corrected chi connectivity index (χ2v) is 8.26. The van der Waals surface area contributed by atoms with Crippen molar-refractivity contribution >= 4 is 12.1 Å². The van der Waals surface area contributed by atoms with Gasteiger partial charge >= 0.3 is 12.1 Å². The molecule has 0 aromatic rings. The molecule has 2 N–H and O–H groups in total. The first-order valence-corrected chi connectivity index (χ1v) is 10.6. The van der Waals surface area contributed by atoms with Gasteiger partial charge in [-0.15, -0.1) is 0 Å². The first-order chi connectivity index (χ1) is 12.6. The van der Waals surface area contributed by atoms with Crippen molar-refractivity contribution in [2.24, 2.45) is 11.8 Å². The molecule has 26 heavy (non-hydrogen) atoms.